The number of hydrogen-bond donors (Lipinski definition) is 1. The van der Waals surface area contributed by atoms with Gasteiger partial charge in [0.2, 0.25) is 5.89 Å². The molecule has 0 aliphatic rings. The molecular formula is C19H22FN5O2. The van der Waals surface area contributed by atoms with Crippen LogP contribution in [0, 0.1) is 11.7 Å². The van der Waals surface area contributed by atoms with Crippen LogP contribution in [0.1, 0.15) is 42.8 Å². The van der Waals surface area contributed by atoms with Crippen LogP contribution in [0.25, 0.3) is 11.3 Å². The van der Waals surface area contributed by atoms with E-state index < -0.39 is 0 Å². The maximum absolute atomic E-state index is 13.5. The Morgan fingerprint density at radius 1 is 1.37 bits per heavy atom. The van der Waals surface area contributed by atoms with Crippen LogP contribution in [0.4, 0.5) is 4.39 Å². The lowest BCUT2D eigenvalue weighted by atomic mass is 10.1. The van der Waals surface area contributed by atoms with Gasteiger partial charge in [0.1, 0.15) is 5.82 Å². The molecular weight excluding hydrogens is 349 g/mol. The zero-order valence-electron chi connectivity index (χ0n) is 15.6. The minimum atomic E-state index is -0.377. The van der Waals surface area contributed by atoms with Crippen LogP contribution < -0.4 is 0 Å². The average molecular weight is 371 g/mol. The summed E-state index contributed by atoms with van der Waals surface area (Å²) in [7, 11) is 0. The molecule has 0 atom stereocenters. The zero-order chi connectivity index (χ0) is 19.4. The first-order valence-corrected chi connectivity index (χ1v) is 8.88. The van der Waals surface area contributed by atoms with Gasteiger partial charge in [0.25, 0.3) is 5.91 Å². The maximum atomic E-state index is 13.5. The lowest BCUT2D eigenvalue weighted by Gasteiger charge is -2.19. The number of halogens is 1. The number of nitrogens with one attached hydrogen (secondary N) is 1. The van der Waals surface area contributed by atoms with E-state index in [1.54, 1.807) is 17.0 Å². The van der Waals surface area contributed by atoms with Crippen LogP contribution in [-0.4, -0.2) is 37.7 Å². The Kier molecular flexibility index (Phi) is 5.63. The van der Waals surface area contributed by atoms with Crippen molar-refractivity contribution in [3.63, 3.8) is 0 Å². The molecule has 3 rings (SSSR count). The van der Waals surface area contributed by atoms with E-state index in [2.05, 4.69) is 34.2 Å². The molecule has 2 aromatic heterocycles. The number of benzene rings is 1. The van der Waals surface area contributed by atoms with E-state index in [9.17, 15) is 9.18 Å². The van der Waals surface area contributed by atoms with Crippen LogP contribution >= 0.6 is 0 Å². The number of amides is 1. The van der Waals surface area contributed by atoms with E-state index in [1.165, 1.54) is 18.3 Å². The molecule has 0 aliphatic carbocycles. The third-order valence-electron chi connectivity index (χ3n) is 4.08. The largest absolute Gasteiger partial charge is 0.339 e. The summed E-state index contributed by atoms with van der Waals surface area (Å²) in [5.41, 5.74) is 1.41. The van der Waals surface area contributed by atoms with E-state index in [-0.39, 0.29) is 18.3 Å². The molecule has 0 bridgehead atoms. The third kappa shape index (κ3) is 4.39. The van der Waals surface area contributed by atoms with Crippen LogP contribution in [0.15, 0.2) is 35.0 Å². The van der Waals surface area contributed by atoms with Crippen molar-refractivity contribution in [2.75, 3.05) is 6.54 Å². The van der Waals surface area contributed by atoms with Crippen molar-refractivity contribution >= 4 is 5.91 Å². The number of carbonyl (C=O) groups is 1. The first-order valence-electron chi connectivity index (χ1n) is 8.88. The number of carbonyl (C=O) groups excluding carboxylic acids is 1. The normalized spacial score (nSPS) is 11.1. The van der Waals surface area contributed by atoms with Crippen molar-refractivity contribution < 1.29 is 13.7 Å². The van der Waals surface area contributed by atoms with E-state index in [0.717, 1.165) is 0 Å². The number of rotatable bonds is 7. The lowest BCUT2D eigenvalue weighted by Crippen LogP contribution is -2.31. The highest BCUT2D eigenvalue weighted by Crippen LogP contribution is 2.23. The number of aromatic amines is 1. The van der Waals surface area contributed by atoms with Gasteiger partial charge < -0.3 is 9.42 Å². The van der Waals surface area contributed by atoms with Gasteiger partial charge in [-0.2, -0.15) is 10.1 Å². The van der Waals surface area contributed by atoms with Gasteiger partial charge in [-0.1, -0.05) is 31.1 Å². The fraction of sp³-hybridized carbons (Fsp3) is 0.368. The SMILES string of the molecule is CCN(Cc1noc(CC(C)C)n1)C(=O)c1cn[nH]c1-c1cccc(F)c1. The smallest absolute Gasteiger partial charge is 0.258 e. The molecule has 0 saturated carbocycles. The molecule has 0 fully saturated rings. The molecule has 0 unspecified atom stereocenters. The second-order valence-electron chi connectivity index (χ2n) is 6.69. The van der Waals surface area contributed by atoms with Gasteiger partial charge in [-0.25, -0.2) is 4.39 Å². The fourth-order valence-electron chi connectivity index (χ4n) is 2.77. The van der Waals surface area contributed by atoms with Gasteiger partial charge >= 0.3 is 0 Å². The van der Waals surface area contributed by atoms with Gasteiger partial charge in [-0.3, -0.25) is 9.89 Å². The third-order valence-corrected chi connectivity index (χ3v) is 4.08. The molecule has 0 aliphatic heterocycles. The molecule has 2 heterocycles. The van der Waals surface area contributed by atoms with Crippen LogP contribution in [0.2, 0.25) is 0 Å². The summed E-state index contributed by atoms with van der Waals surface area (Å²) in [6.45, 7) is 6.69. The van der Waals surface area contributed by atoms with Crippen molar-refractivity contribution in [2.45, 2.75) is 33.7 Å². The summed E-state index contributed by atoms with van der Waals surface area (Å²) in [5, 5.41) is 10.7. The van der Waals surface area contributed by atoms with Crippen molar-refractivity contribution in [1.29, 1.82) is 0 Å². The summed E-state index contributed by atoms with van der Waals surface area (Å²) >= 11 is 0. The summed E-state index contributed by atoms with van der Waals surface area (Å²) in [6.07, 6.45) is 2.14. The lowest BCUT2D eigenvalue weighted by molar-refractivity contribution is 0.0748. The standard InChI is InChI=1S/C19H22FN5O2/c1-4-25(11-16-22-17(27-24-16)8-12(2)3)19(26)15-10-21-23-18(15)13-6-5-7-14(20)9-13/h5-7,9-10,12H,4,8,11H2,1-3H3,(H,21,23). The molecule has 0 radical (unpaired) electrons. The van der Waals surface area contributed by atoms with Crippen LogP contribution in [0.3, 0.4) is 0 Å². The van der Waals surface area contributed by atoms with Crippen molar-refractivity contribution in [1.82, 2.24) is 25.2 Å². The van der Waals surface area contributed by atoms with Gasteiger partial charge in [-0.05, 0) is 25.0 Å². The van der Waals surface area contributed by atoms with Crippen molar-refractivity contribution in [2.24, 2.45) is 5.92 Å². The van der Waals surface area contributed by atoms with Crippen LogP contribution in [0.5, 0.6) is 0 Å². The Bertz CT molecular complexity index is 918. The van der Waals surface area contributed by atoms with Gasteiger partial charge in [0.15, 0.2) is 5.82 Å². The molecule has 7 nitrogen and oxygen atoms in total. The van der Waals surface area contributed by atoms with Crippen LogP contribution in [-0.2, 0) is 13.0 Å². The number of aromatic nitrogens is 4. The Balaban J connectivity index is 1.80. The Labute approximate surface area is 156 Å². The summed E-state index contributed by atoms with van der Waals surface area (Å²) in [4.78, 5) is 18.9. The quantitative estimate of drug-likeness (QED) is 0.687. The first kappa shape index (κ1) is 18.8. The van der Waals surface area contributed by atoms with Gasteiger partial charge in [-0.15, -0.1) is 0 Å². The fourth-order valence-corrected chi connectivity index (χ4v) is 2.77. The molecule has 0 spiro atoms. The summed E-state index contributed by atoms with van der Waals surface area (Å²) in [5.74, 6) is 0.809. The minimum absolute atomic E-state index is 0.227. The summed E-state index contributed by atoms with van der Waals surface area (Å²) < 4.78 is 18.8. The van der Waals surface area contributed by atoms with E-state index in [4.69, 9.17) is 4.52 Å². The van der Waals surface area contributed by atoms with Gasteiger partial charge in [0.05, 0.1) is 24.0 Å². The predicted octanol–water partition coefficient (Wildman–Crippen LogP) is 3.46. The highest BCUT2D eigenvalue weighted by molar-refractivity contribution is 5.99. The molecule has 1 N–H and O–H groups in total. The topological polar surface area (TPSA) is 87.9 Å². The van der Waals surface area contributed by atoms with E-state index in [1.807, 2.05) is 6.92 Å². The highest BCUT2D eigenvalue weighted by atomic mass is 19.1. The predicted molar refractivity (Wildman–Crippen MR) is 97.2 cm³/mol. The molecule has 1 aromatic carbocycles. The highest BCUT2D eigenvalue weighted by Gasteiger charge is 2.22. The molecule has 27 heavy (non-hydrogen) atoms. The zero-order valence-corrected chi connectivity index (χ0v) is 15.6. The first-order chi connectivity index (χ1) is 13.0. The Morgan fingerprint density at radius 2 is 2.19 bits per heavy atom. The van der Waals surface area contributed by atoms with Crippen molar-refractivity contribution in [3.05, 3.63) is 53.6 Å². The second-order valence-corrected chi connectivity index (χ2v) is 6.69. The molecule has 142 valence electrons. The Hall–Kier alpha value is -3.03. The maximum Gasteiger partial charge on any atom is 0.258 e. The molecule has 3 aromatic rings. The molecule has 1 amide bonds. The van der Waals surface area contributed by atoms with E-state index in [0.29, 0.717) is 47.4 Å². The van der Waals surface area contributed by atoms with Gasteiger partial charge in [0, 0.05) is 18.5 Å². The number of hydrogen-bond acceptors (Lipinski definition) is 5. The minimum Gasteiger partial charge on any atom is -0.339 e. The number of H-pyrrole nitrogens is 1. The molecule has 0 saturated heterocycles. The summed E-state index contributed by atoms with van der Waals surface area (Å²) in [6, 6.07) is 6.02. The average Bonchev–Trinajstić information content (AvgIpc) is 3.28. The van der Waals surface area contributed by atoms with E-state index >= 15 is 0 Å². The second kappa shape index (κ2) is 8.11. The molecule has 8 heteroatoms. The Morgan fingerprint density at radius 3 is 2.89 bits per heavy atom. The van der Waals surface area contributed by atoms with Crippen molar-refractivity contribution in [3.8, 4) is 11.3 Å². The monoisotopic (exact) mass is 371 g/mol. The number of nitrogens with zero attached hydrogens (tertiary/aromatic N) is 4.